The van der Waals surface area contributed by atoms with Gasteiger partial charge >= 0.3 is 5.97 Å². The predicted octanol–water partition coefficient (Wildman–Crippen LogP) is 2.24. The highest BCUT2D eigenvalue weighted by molar-refractivity contribution is 5.89. The van der Waals surface area contributed by atoms with E-state index < -0.39 is 0 Å². The molecule has 5 nitrogen and oxygen atoms in total. The summed E-state index contributed by atoms with van der Waals surface area (Å²) in [6.07, 6.45) is 5.38. The topological polar surface area (TPSA) is 81.4 Å². The molecule has 2 saturated carbocycles. The minimum Gasteiger partial charge on any atom is -0.465 e. The van der Waals surface area contributed by atoms with Gasteiger partial charge in [-0.25, -0.2) is 4.79 Å². The summed E-state index contributed by atoms with van der Waals surface area (Å²) in [5.74, 6) is 0.815. The second-order valence-corrected chi connectivity index (χ2v) is 7.11. The number of hydrogen-bond acceptors (Lipinski definition) is 4. The van der Waals surface area contributed by atoms with E-state index in [0.717, 1.165) is 31.2 Å². The lowest BCUT2D eigenvalue weighted by atomic mass is 9.65. The summed E-state index contributed by atoms with van der Waals surface area (Å²) >= 11 is 0. The fraction of sp³-hybridized carbons (Fsp3) is 0.579. The molecule has 130 valence electrons. The fourth-order valence-corrected chi connectivity index (χ4v) is 4.26. The van der Waals surface area contributed by atoms with E-state index in [1.54, 1.807) is 18.2 Å². The summed E-state index contributed by atoms with van der Waals surface area (Å²) in [7, 11) is 1.36. The van der Waals surface area contributed by atoms with Crippen LogP contribution in [-0.4, -0.2) is 25.0 Å². The second-order valence-electron chi connectivity index (χ2n) is 7.11. The van der Waals surface area contributed by atoms with Crippen LogP contribution in [0.3, 0.4) is 0 Å². The van der Waals surface area contributed by atoms with Crippen LogP contribution >= 0.6 is 0 Å². The van der Waals surface area contributed by atoms with E-state index in [1.165, 1.54) is 13.5 Å². The Morgan fingerprint density at radius 2 is 1.96 bits per heavy atom. The van der Waals surface area contributed by atoms with Crippen molar-refractivity contribution in [3.63, 3.8) is 0 Å². The first kappa shape index (κ1) is 17.0. The van der Waals surface area contributed by atoms with Crippen molar-refractivity contribution in [3.8, 4) is 0 Å². The van der Waals surface area contributed by atoms with Crippen LogP contribution in [0.2, 0.25) is 0 Å². The van der Waals surface area contributed by atoms with Crippen molar-refractivity contribution in [1.29, 1.82) is 0 Å². The van der Waals surface area contributed by atoms with E-state index in [1.807, 2.05) is 6.07 Å². The highest BCUT2D eigenvalue weighted by atomic mass is 16.5. The Hall–Kier alpha value is -1.88. The van der Waals surface area contributed by atoms with Gasteiger partial charge in [-0.3, -0.25) is 4.79 Å². The van der Waals surface area contributed by atoms with E-state index in [9.17, 15) is 9.59 Å². The zero-order chi connectivity index (χ0) is 17.1. The van der Waals surface area contributed by atoms with Gasteiger partial charge in [0, 0.05) is 18.5 Å². The lowest BCUT2D eigenvalue weighted by Crippen LogP contribution is -2.49. The Bertz CT molecular complexity index is 602. The van der Waals surface area contributed by atoms with Gasteiger partial charge in [-0.05, 0) is 55.2 Å². The number of nitrogens with two attached hydrogens (primary N) is 1. The third kappa shape index (κ3) is 3.61. The van der Waals surface area contributed by atoms with Crippen molar-refractivity contribution in [2.24, 2.45) is 23.5 Å². The maximum absolute atomic E-state index is 12.5. The molecular formula is C19H26N2O3. The van der Waals surface area contributed by atoms with Crippen LogP contribution in [-0.2, 0) is 16.1 Å². The maximum atomic E-state index is 12.5. The normalized spacial score (nSPS) is 28.9. The number of amides is 1. The number of hydrogen-bond donors (Lipinski definition) is 2. The van der Waals surface area contributed by atoms with Gasteiger partial charge in [0.1, 0.15) is 0 Å². The Balaban J connectivity index is 1.57. The molecule has 3 N–H and O–H groups in total. The zero-order valence-electron chi connectivity index (χ0n) is 14.2. The molecule has 2 unspecified atom stereocenters. The van der Waals surface area contributed by atoms with Gasteiger partial charge in [-0.1, -0.05) is 18.6 Å². The number of rotatable bonds is 4. The number of ether oxygens (including phenoxy) is 1. The Labute approximate surface area is 142 Å². The van der Waals surface area contributed by atoms with Crippen LogP contribution in [0, 0.1) is 17.8 Å². The summed E-state index contributed by atoms with van der Waals surface area (Å²) in [6, 6.07) is 7.45. The van der Waals surface area contributed by atoms with E-state index in [4.69, 9.17) is 10.5 Å². The molecule has 2 fully saturated rings. The first-order valence-corrected chi connectivity index (χ1v) is 8.79. The molecular weight excluding hydrogens is 304 g/mol. The van der Waals surface area contributed by atoms with E-state index >= 15 is 0 Å². The maximum Gasteiger partial charge on any atom is 0.337 e. The summed E-state index contributed by atoms with van der Waals surface area (Å²) in [4.78, 5) is 24.1. The molecule has 1 aromatic rings. The minimum absolute atomic E-state index is 0.0730. The first-order chi connectivity index (χ1) is 11.6. The smallest absolute Gasteiger partial charge is 0.337 e. The largest absolute Gasteiger partial charge is 0.465 e. The Morgan fingerprint density at radius 3 is 2.62 bits per heavy atom. The van der Waals surface area contributed by atoms with Crippen molar-refractivity contribution < 1.29 is 14.3 Å². The molecule has 5 heteroatoms. The fourth-order valence-electron chi connectivity index (χ4n) is 4.26. The molecule has 24 heavy (non-hydrogen) atoms. The molecule has 1 amide bonds. The van der Waals surface area contributed by atoms with Crippen molar-refractivity contribution >= 4 is 11.9 Å². The summed E-state index contributed by atoms with van der Waals surface area (Å²) in [6.45, 7) is 0.432. The number of nitrogens with one attached hydrogen (secondary N) is 1. The van der Waals surface area contributed by atoms with Gasteiger partial charge in [0.2, 0.25) is 5.91 Å². The average molecular weight is 330 g/mol. The number of esters is 1. The average Bonchev–Trinajstić information content (AvgIpc) is 2.59. The van der Waals surface area contributed by atoms with Gasteiger partial charge in [0.05, 0.1) is 12.7 Å². The quantitative estimate of drug-likeness (QED) is 0.830. The molecule has 3 rings (SSSR count). The molecule has 0 aliphatic heterocycles. The molecule has 2 atom stereocenters. The van der Waals surface area contributed by atoms with Crippen molar-refractivity contribution in [2.75, 3.05) is 7.11 Å². The van der Waals surface area contributed by atoms with Gasteiger partial charge in [0.25, 0.3) is 0 Å². The van der Waals surface area contributed by atoms with Gasteiger partial charge < -0.3 is 15.8 Å². The Morgan fingerprint density at radius 1 is 1.25 bits per heavy atom. The lowest BCUT2D eigenvalue weighted by molar-refractivity contribution is -0.128. The van der Waals surface area contributed by atoms with Crippen LogP contribution in [0.25, 0.3) is 0 Å². The zero-order valence-corrected chi connectivity index (χ0v) is 14.2. The molecule has 0 heterocycles. The second kappa shape index (κ2) is 7.34. The number of carbonyl (C=O) groups is 2. The van der Waals surface area contributed by atoms with Gasteiger partial charge in [0.15, 0.2) is 0 Å². The molecule has 2 aliphatic carbocycles. The van der Waals surface area contributed by atoms with Crippen LogP contribution in [0.15, 0.2) is 24.3 Å². The monoisotopic (exact) mass is 330 g/mol. The van der Waals surface area contributed by atoms with E-state index in [-0.39, 0.29) is 23.8 Å². The molecule has 1 aromatic carbocycles. The summed E-state index contributed by atoms with van der Waals surface area (Å²) in [5, 5.41) is 3.03. The van der Waals surface area contributed by atoms with E-state index in [2.05, 4.69) is 5.32 Å². The van der Waals surface area contributed by atoms with Crippen LogP contribution in [0.4, 0.5) is 0 Å². The van der Waals surface area contributed by atoms with Crippen LogP contribution < -0.4 is 11.1 Å². The number of carbonyl (C=O) groups excluding carboxylic acids is 2. The third-order valence-corrected chi connectivity index (χ3v) is 5.60. The standard InChI is InChI=1S/C19H26N2O3/c1-24-19(23)15-7-2-4-12(8-15)11-21-18(22)16-9-13-5-3-6-14(10-16)17(13)20/h2,4,7-8,13-14,16-17H,3,5-6,9-11,20H2,1H3,(H,21,22). The molecule has 0 radical (unpaired) electrons. The lowest BCUT2D eigenvalue weighted by Gasteiger charge is -2.43. The molecule has 0 spiro atoms. The number of methoxy groups -OCH3 is 1. The van der Waals surface area contributed by atoms with E-state index in [0.29, 0.717) is 23.9 Å². The van der Waals surface area contributed by atoms with Crippen molar-refractivity contribution in [3.05, 3.63) is 35.4 Å². The molecule has 0 saturated heterocycles. The minimum atomic E-state index is -0.364. The predicted molar refractivity (Wildman–Crippen MR) is 91.2 cm³/mol. The molecule has 2 aliphatic rings. The Kier molecular flexibility index (Phi) is 5.19. The highest BCUT2D eigenvalue weighted by Gasteiger charge is 2.40. The molecule has 2 bridgehead atoms. The molecule has 0 aromatic heterocycles. The third-order valence-electron chi connectivity index (χ3n) is 5.60. The first-order valence-electron chi connectivity index (χ1n) is 8.79. The van der Waals surface area contributed by atoms with Crippen molar-refractivity contribution in [2.45, 2.75) is 44.7 Å². The SMILES string of the molecule is COC(=O)c1cccc(CNC(=O)C2CC3CCCC(C2)C3N)c1. The number of benzene rings is 1. The van der Waals surface area contributed by atoms with Crippen molar-refractivity contribution in [1.82, 2.24) is 5.32 Å². The van der Waals surface area contributed by atoms with Crippen LogP contribution in [0.1, 0.15) is 48.0 Å². The van der Waals surface area contributed by atoms with Gasteiger partial charge in [-0.2, -0.15) is 0 Å². The summed E-state index contributed by atoms with van der Waals surface area (Å²) in [5.41, 5.74) is 7.70. The highest BCUT2D eigenvalue weighted by Crippen LogP contribution is 2.41. The summed E-state index contributed by atoms with van der Waals surface area (Å²) < 4.78 is 4.73. The van der Waals surface area contributed by atoms with Gasteiger partial charge in [-0.15, -0.1) is 0 Å². The van der Waals surface area contributed by atoms with Crippen LogP contribution in [0.5, 0.6) is 0 Å². The number of fused-ring (bicyclic) bond motifs is 2.